The fraction of sp³-hybridized carbons (Fsp3) is 0.154. The minimum absolute atomic E-state index is 0.105. The van der Waals surface area contributed by atoms with Gasteiger partial charge in [-0.05, 0) is 18.6 Å². The SMILES string of the molecule is CCOC(=O)C(=[N+]=[N-])C(=O)C=Cc1ccccc1. The van der Waals surface area contributed by atoms with Crippen LogP contribution in [0.25, 0.3) is 11.6 Å². The molecule has 1 rings (SSSR count). The van der Waals surface area contributed by atoms with Gasteiger partial charge in [0, 0.05) is 0 Å². The minimum Gasteiger partial charge on any atom is -0.457 e. The van der Waals surface area contributed by atoms with Crippen LogP contribution < -0.4 is 0 Å². The summed E-state index contributed by atoms with van der Waals surface area (Å²) < 4.78 is 4.58. The van der Waals surface area contributed by atoms with Crippen molar-refractivity contribution in [3.05, 3.63) is 47.5 Å². The molecule has 0 bridgehead atoms. The van der Waals surface area contributed by atoms with Crippen LogP contribution in [0.15, 0.2) is 36.4 Å². The van der Waals surface area contributed by atoms with Crippen molar-refractivity contribution in [1.82, 2.24) is 0 Å². The Kier molecular flexibility index (Phi) is 5.22. The van der Waals surface area contributed by atoms with E-state index in [9.17, 15) is 9.59 Å². The van der Waals surface area contributed by atoms with Gasteiger partial charge in [-0.1, -0.05) is 36.4 Å². The number of esters is 1. The van der Waals surface area contributed by atoms with Crippen LogP contribution >= 0.6 is 0 Å². The summed E-state index contributed by atoms with van der Waals surface area (Å²) in [6.45, 7) is 1.70. The van der Waals surface area contributed by atoms with E-state index in [0.29, 0.717) is 0 Å². The highest BCUT2D eigenvalue weighted by atomic mass is 16.5. The number of hydrogen-bond donors (Lipinski definition) is 0. The summed E-state index contributed by atoms with van der Waals surface area (Å²) in [5, 5.41) is 0. The highest BCUT2D eigenvalue weighted by molar-refractivity contribution is 6.64. The van der Waals surface area contributed by atoms with Crippen molar-refractivity contribution >= 4 is 23.5 Å². The van der Waals surface area contributed by atoms with Gasteiger partial charge in [0.1, 0.15) is 0 Å². The summed E-state index contributed by atoms with van der Waals surface area (Å²) in [6.07, 6.45) is 2.67. The third kappa shape index (κ3) is 3.81. The van der Waals surface area contributed by atoms with Crippen molar-refractivity contribution in [1.29, 1.82) is 0 Å². The molecule has 0 heterocycles. The second-order valence-corrected chi connectivity index (χ2v) is 3.28. The number of carbonyl (C=O) groups excluding carboxylic acids is 2. The number of nitrogens with zero attached hydrogens (tertiary/aromatic N) is 2. The predicted octanol–water partition coefficient (Wildman–Crippen LogP) is 1.50. The second kappa shape index (κ2) is 6.93. The summed E-state index contributed by atoms with van der Waals surface area (Å²) in [5.41, 5.74) is 8.79. The third-order valence-electron chi connectivity index (χ3n) is 2.03. The van der Waals surface area contributed by atoms with Gasteiger partial charge in [0.05, 0.1) is 6.61 Å². The van der Waals surface area contributed by atoms with Crippen LogP contribution in [0.2, 0.25) is 0 Å². The van der Waals surface area contributed by atoms with Gasteiger partial charge < -0.3 is 10.3 Å². The molecular formula is C13H12N2O3. The zero-order valence-electron chi connectivity index (χ0n) is 9.87. The Morgan fingerprint density at radius 2 is 2.00 bits per heavy atom. The zero-order chi connectivity index (χ0) is 13.4. The molecule has 0 aromatic heterocycles. The lowest BCUT2D eigenvalue weighted by molar-refractivity contribution is -0.141. The van der Waals surface area contributed by atoms with Crippen LogP contribution in [0.5, 0.6) is 0 Å². The number of allylic oxidation sites excluding steroid dienone is 1. The average molecular weight is 244 g/mol. The van der Waals surface area contributed by atoms with Gasteiger partial charge in [0.25, 0.3) is 5.78 Å². The molecule has 0 aliphatic carbocycles. The molecule has 1 aromatic carbocycles. The minimum atomic E-state index is -0.942. The monoisotopic (exact) mass is 244 g/mol. The molecule has 0 amide bonds. The Balaban J connectivity index is 2.79. The average Bonchev–Trinajstić information content (AvgIpc) is 2.39. The van der Waals surface area contributed by atoms with Crippen LogP contribution in [-0.4, -0.2) is 28.9 Å². The number of hydrogen-bond acceptors (Lipinski definition) is 3. The fourth-order valence-corrected chi connectivity index (χ4v) is 1.21. The highest BCUT2D eigenvalue weighted by Crippen LogP contribution is 2.01. The number of ether oxygens (including phenoxy) is 1. The van der Waals surface area contributed by atoms with E-state index < -0.39 is 17.5 Å². The van der Waals surface area contributed by atoms with Gasteiger partial charge in [0.2, 0.25) is 0 Å². The van der Waals surface area contributed by atoms with Crippen LogP contribution in [0.3, 0.4) is 0 Å². The van der Waals surface area contributed by atoms with Gasteiger partial charge >= 0.3 is 11.7 Å². The van der Waals surface area contributed by atoms with E-state index in [1.165, 1.54) is 6.08 Å². The molecule has 0 radical (unpaired) electrons. The number of rotatable bonds is 5. The van der Waals surface area contributed by atoms with Gasteiger partial charge in [-0.15, -0.1) is 0 Å². The van der Waals surface area contributed by atoms with E-state index in [2.05, 4.69) is 9.53 Å². The fourth-order valence-electron chi connectivity index (χ4n) is 1.21. The van der Waals surface area contributed by atoms with Crippen LogP contribution in [0.4, 0.5) is 0 Å². The van der Waals surface area contributed by atoms with Crippen LogP contribution in [-0.2, 0) is 14.3 Å². The number of carbonyl (C=O) groups is 2. The first-order valence-electron chi connectivity index (χ1n) is 5.35. The summed E-state index contributed by atoms with van der Waals surface area (Å²) >= 11 is 0. The summed E-state index contributed by atoms with van der Waals surface area (Å²) in [4.78, 5) is 25.5. The molecular weight excluding hydrogens is 232 g/mol. The number of benzene rings is 1. The molecule has 5 heteroatoms. The second-order valence-electron chi connectivity index (χ2n) is 3.28. The molecule has 1 aromatic rings. The maximum atomic E-state index is 11.6. The molecule has 0 spiro atoms. The third-order valence-corrected chi connectivity index (χ3v) is 2.03. The van der Waals surface area contributed by atoms with Gasteiger partial charge in [0.15, 0.2) is 0 Å². The summed E-state index contributed by atoms with van der Waals surface area (Å²) in [7, 11) is 0. The lowest BCUT2D eigenvalue weighted by atomic mass is 10.1. The molecule has 92 valence electrons. The predicted molar refractivity (Wildman–Crippen MR) is 65.7 cm³/mol. The van der Waals surface area contributed by atoms with E-state index in [1.807, 2.05) is 18.2 Å². The molecule has 18 heavy (non-hydrogen) atoms. The Hall–Kier alpha value is -2.52. The Labute approximate surface area is 104 Å². The lowest BCUT2D eigenvalue weighted by Gasteiger charge is -1.94. The first-order chi connectivity index (χ1) is 8.69. The Bertz CT molecular complexity index is 514. The van der Waals surface area contributed by atoms with Crippen LogP contribution in [0, 0.1) is 0 Å². The van der Waals surface area contributed by atoms with E-state index >= 15 is 0 Å². The van der Waals surface area contributed by atoms with Crippen molar-refractivity contribution in [2.45, 2.75) is 6.92 Å². The topological polar surface area (TPSA) is 79.8 Å². The van der Waals surface area contributed by atoms with Crippen molar-refractivity contribution in [2.24, 2.45) is 0 Å². The molecule has 0 fully saturated rings. The van der Waals surface area contributed by atoms with E-state index in [1.54, 1.807) is 19.1 Å². The highest BCUT2D eigenvalue weighted by Gasteiger charge is 2.28. The number of ketones is 1. The van der Waals surface area contributed by atoms with Crippen molar-refractivity contribution < 1.29 is 19.1 Å². The molecule has 0 unspecified atom stereocenters. The molecule has 0 aliphatic heterocycles. The van der Waals surface area contributed by atoms with Crippen molar-refractivity contribution in [3.63, 3.8) is 0 Å². The quantitative estimate of drug-likeness (QED) is 0.196. The van der Waals surface area contributed by atoms with Crippen molar-refractivity contribution in [2.75, 3.05) is 6.61 Å². The molecule has 0 atom stereocenters. The van der Waals surface area contributed by atoms with Gasteiger partial charge in [-0.2, -0.15) is 4.79 Å². The van der Waals surface area contributed by atoms with Crippen LogP contribution in [0.1, 0.15) is 12.5 Å². The Morgan fingerprint density at radius 3 is 2.56 bits per heavy atom. The largest absolute Gasteiger partial charge is 0.457 e. The molecule has 0 aliphatic rings. The molecule has 0 saturated heterocycles. The Morgan fingerprint density at radius 1 is 1.33 bits per heavy atom. The van der Waals surface area contributed by atoms with E-state index in [-0.39, 0.29) is 6.61 Å². The smallest absolute Gasteiger partial charge is 0.445 e. The first-order valence-corrected chi connectivity index (χ1v) is 5.35. The normalized spacial score (nSPS) is 9.83. The van der Waals surface area contributed by atoms with Crippen molar-refractivity contribution in [3.8, 4) is 0 Å². The van der Waals surface area contributed by atoms with E-state index in [0.717, 1.165) is 11.6 Å². The maximum absolute atomic E-state index is 11.6. The van der Waals surface area contributed by atoms with Gasteiger partial charge in [-0.3, -0.25) is 4.79 Å². The summed E-state index contributed by atoms with van der Waals surface area (Å²) in [6, 6.07) is 9.07. The molecule has 5 nitrogen and oxygen atoms in total. The van der Waals surface area contributed by atoms with Gasteiger partial charge in [-0.25, -0.2) is 4.79 Å². The maximum Gasteiger partial charge on any atom is 0.445 e. The molecule has 0 N–H and O–H groups in total. The lowest BCUT2D eigenvalue weighted by Crippen LogP contribution is -2.26. The standard InChI is InChI=1S/C13H12N2O3/c1-2-18-13(17)12(15-14)11(16)9-8-10-6-4-3-5-7-10/h3-9H,2H2,1H3. The first kappa shape index (κ1) is 13.5. The summed E-state index contributed by atoms with van der Waals surface area (Å²) in [5.74, 6) is -1.65. The zero-order valence-corrected chi connectivity index (χ0v) is 9.87. The molecule has 0 saturated carbocycles. The van der Waals surface area contributed by atoms with E-state index in [4.69, 9.17) is 5.53 Å².